The van der Waals surface area contributed by atoms with Gasteiger partial charge in [0.05, 0.1) is 0 Å². The molecule has 0 heterocycles. The van der Waals surface area contributed by atoms with Gasteiger partial charge in [0.25, 0.3) is 0 Å². The van der Waals surface area contributed by atoms with Crippen LogP contribution in [0.1, 0.15) is 57.8 Å². The molecule has 2 fully saturated rings. The molecular weight excluding hydrogens is 158 g/mol. The molecule has 2 N–H and O–H groups in total. The van der Waals surface area contributed by atoms with Gasteiger partial charge >= 0.3 is 0 Å². The molecule has 0 aromatic heterocycles. The van der Waals surface area contributed by atoms with Crippen LogP contribution in [-0.4, -0.2) is 6.04 Å². The minimum Gasteiger partial charge on any atom is -0.328 e. The van der Waals surface area contributed by atoms with Gasteiger partial charge in [0.15, 0.2) is 0 Å². The summed E-state index contributed by atoms with van der Waals surface area (Å²) in [5, 5.41) is 0. The molecule has 0 aliphatic heterocycles. The topological polar surface area (TPSA) is 26.0 Å². The smallest absolute Gasteiger partial charge is 0.00415 e. The van der Waals surface area contributed by atoms with Gasteiger partial charge in [-0.1, -0.05) is 38.5 Å². The fourth-order valence-corrected chi connectivity index (χ4v) is 3.15. The van der Waals surface area contributed by atoms with Crippen molar-refractivity contribution in [3.8, 4) is 0 Å². The van der Waals surface area contributed by atoms with E-state index in [9.17, 15) is 0 Å². The van der Waals surface area contributed by atoms with E-state index in [1.807, 2.05) is 0 Å². The lowest BCUT2D eigenvalue weighted by Gasteiger charge is -2.30. The van der Waals surface area contributed by atoms with E-state index < -0.39 is 0 Å². The molecule has 13 heavy (non-hydrogen) atoms. The van der Waals surface area contributed by atoms with E-state index in [-0.39, 0.29) is 0 Å². The summed E-state index contributed by atoms with van der Waals surface area (Å²) in [7, 11) is 0. The standard InChI is InChI=1S/C12H23N/c13-12-8-7-10-3-1-2-4-11(9-12)6-5-10/h10-12H,1-9,13H2/t10?,11-,12?/m1/s1. The fourth-order valence-electron chi connectivity index (χ4n) is 3.15. The second-order valence-corrected chi connectivity index (χ2v) is 5.17. The van der Waals surface area contributed by atoms with E-state index in [0.29, 0.717) is 6.04 Å². The lowest BCUT2D eigenvalue weighted by atomic mass is 9.77. The highest BCUT2D eigenvalue weighted by molar-refractivity contribution is 4.78. The lowest BCUT2D eigenvalue weighted by Crippen LogP contribution is -2.28. The monoisotopic (exact) mass is 181 g/mol. The first-order valence-corrected chi connectivity index (χ1v) is 6.10. The molecule has 3 atom stereocenters. The summed E-state index contributed by atoms with van der Waals surface area (Å²) < 4.78 is 0. The van der Waals surface area contributed by atoms with E-state index in [2.05, 4.69) is 0 Å². The molecule has 2 rings (SSSR count). The van der Waals surface area contributed by atoms with Crippen LogP contribution in [-0.2, 0) is 0 Å². The lowest BCUT2D eigenvalue weighted by molar-refractivity contribution is 0.239. The molecule has 1 nitrogen and oxygen atoms in total. The first-order chi connectivity index (χ1) is 6.34. The number of fused-ring (bicyclic) bond motifs is 3. The van der Waals surface area contributed by atoms with E-state index in [1.54, 1.807) is 0 Å². The third kappa shape index (κ3) is 2.70. The average Bonchev–Trinajstić information content (AvgIpc) is 2.07. The van der Waals surface area contributed by atoms with Crippen molar-refractivity contribution < 1.29 is 0 Å². The number of hydrogen-bond donors (Lipinski definition) is 1. The fraction of sp³-hybridized carbons (Fsp3) is 1.00. The summed E-state index contributed by atoms with van der Waals surface area (Å²) in [6.07, 6.45) is 12.9. The largest absolute Gasteiger partial charge is 0.328 e. The zero-order chi connectivity index (χ0) is 9.10. The van der Waals surface area contributed by atoms with Crippen LogP contribution in [0.15, 0.2) is 0 Å². The quantitative estimate of drug-likeness (QED) is 0.610. The van der Waals surface area contributed by atoms with Crippen LogP contribution in [0.4, 0.5) is 0 Å². The highest BCUT2D eigenvalue weighted by Gasteiger charge is 2.22. The first-order valence-electron chi connectivity index (χ1n) is 6.10. The molecule has 2 saturated carbocycles. The zero-order valence-corrected chi connectivity index (χ0v) is 8.67. The summed E-state index contributed by atoms with van der Waals surface area (Å²) >= 11 is 0. The maximum Gasteiger partial charge on any atom is 0.00415 e. The molecule has 0 radical (unpaired) electrons. The van der Waals surface area contributed by atoms with Gasteiger partial charge in [0.2, 0.25) is 0 Å². The van der Waals surface area contributed by atoms with Gasteiger partial charge in [0, 0.05) is 6.04 Å². The van der Waals surface area contributed by atoms with Crippen LogP contribution in [0, 0.1) is 11.8 Å². The average molecular weight is 181 g/mol. The van der Waals surface area contributed by atoms with Gasteiger partial charge in [0.1, 0.15) is 0 Å². The van der Waals surface area contributed by atoms with Crippen molar-refractivity contribution in [1.29, 1.82) is 0 Å². The van der Waals surface area contributed by atoms with Crippen LogP contribution in [0.2, 0.25) is 0 Å². The van der Waals surface area contributed by atoms with Gasteiger partial charge in [-0.05, 0) is 31.1 Å². The Morgan fingerprint density at radius 3 is 2.15 bits per heavy atom. The molecule has 2 aliphatic rings. The Balaban J connectivity index is 1.97. The maximum atomic E-state index is 6.11. The zero-order valence-electron chi connectivity index (χ0n) is 8.67. The molecule has 0 aromatic rings. The third-order valence-electron chi connectivity index (χ3n) is 4.04. The van der Waals surface area contributed by atoms with Gasteiger partial charge in [-0.15, -0.1) is 0 Å². The summed E-state index contributed by atoms with van der Waals surface area (Å²) in [4.78, 5) is 0. The summed E-state index contributed by atoms with van der Waals surface area (Å²) in [5.41, 5.74) is 6.11. The SMILES string of the molecule is NC1CCC2CCCC[C@H](CC2)C1. The second kappa shape index (κ2) is 4.45. The number of hydrogen-bond acceptors (Lipinski definition) is 1. The van der Waals surface area contributed by atoms with Gasteiger partial charge in [-0.2, -0.15) is 0 Å². The van der Waals surface area contributed by atoms with Gasteiger partial charge in [-0.25, -0.2) is 0 Å². The summed E-state index contributed by atoms with van der Waals surface area (Å²) in [6, 6.07) is 0.519. The van der Waals surface area contributed by atoms with Crippen LogP contribution < -0.4 is 5.73 Å². The predicted octanol–water partition coefficient (Wildman–Crippen LogP) is 3.08. The Hall–Kier alpha value is -0.0400. The molecule has 1 heteroatoms. The van der Waals surface area contributed by atoms with E-state index in [4.69, 9.17) is 5.73 Å². The Bertz CT molecular complexity index is 153. The van der Waals surface area contributed by atoms with E-state index in [0.717, 1.165) is 11.8 Å². The molecule has 2 unspecified atom stereocenters. The summed E-state index contributed by atoms with van der Waals surface area (Å²) in [6.45, 7) is 0. The molecule has 2 bridgehead atoms. The highest BCUT2D eigenvalue weighted by Crippen LogP contribution is 2.34. The predicted molar refractivity (Wildman–Crippen MR) is 56.5 cm³/mol. The molecule has 2 aliphatic carbocycles. The van der Waals surface area contributed by atoms with Crippen molar-refractivity contribution in [2.75, 3.05) is 0 Å². The van der Waals surface area contributed by atoms with Crippen molar-refractivity contribution in [3.63, 3.8) is 0 Å². The minimum atomic E-state index is 0.519. The number of nitrogens with two attached hydrogens (primary N) is 1. The van der Waals surface area contributed by atoms with Crippen LogP contribution in [0.5, 0.6) is 0 Å². The van der Waals surface area contributed by atoms with Crippen molar-refractivity contribution in [1.82, 2.24) is 0 Å². The normalized spacial score (nSPS) is 41.8. The van der Waals surface area contributed by atoms with Crippen molar-refractivity contribution >= 4 is 0 Å². The molecule has 0 spiro atoms. The van der Waals surface area contributed by atoms with E-state index >= 15 is 0 Å². The van der Waals surface area contributed by atoms with Crippen molar-refractivity contribution in [3.05, 3.63) is 0 Å². The minimum absolute atomic E-state index is 0.519. The van der Waals surface area contributed by atoms with E-state index in [1.165, 1.54) is 57.8 Å². The molecule has 76 valence electrons. The Kier molecular flexibility index (Phi) is 3.26. The van der Waals surface area contributed by atoms with Gasteiger partial charge < -0.3 is 5.73 Å². The second-order valence-electron chi connectivity index (χ2n) is 5.17. The van der Waals surface area contributed by atoms with Crippen LogP contribution in [0.3, 0.4) is 0 Å². The van der Waals surface area contributed by atoms with Crippen LogP contribution >= 0.6 is 0 Å². The first kappa shape index (κ1) is 9.51. The Morgan fingerprint density at radius 1 is 0.692 bits per heavy atom. The molecule has 0 aromatic carbocycles. The Labute approximate surface area is 82.1 Å². The molecule has 0 amide bonds. The van der Waals surface area contributed by atoms with Crippen LogP contribution in [0.25, 0.3) is 0 Å². The van der Waals surface area contributed by atoms with Gasteiger partial charge in [-0.3, -0.25) is 0 Å². The maximum absolute atomic E-state index is 6.11. The highest BCUT2D eigenvalue weighted by atomic mass is 14.6. The summed E-state index contributed by atoms with van der Waals surface area (Å²) in [5.74, 6) is 1.99. The third-order valence-corrected chi connectivity index (χ3v) is 4.04. The van der Waals surface area contributed by atoms with Crippen molar-refractivity contribution in [2.24, 2.45) is 17.6 Å². The Morgan fingerprint density at radius 2 is 1.31 bits per heavy atom. The number of rotatable bonds is 0. The molecule has 0 saturated heterocycles. The van der Waals surface area contributed by atoms with Crippen molar-refractivity contribution in [2.45, 2.75) is 63.8 Å². The molecular formula is C12H23N.